The van der Waals surface area contributed by atoms with E-state index in [1.54, 1.807) is 0 Å². The fraction of sp³-hybridized carbons (Fsp3) is 0. The first-order valence-corrected chi connectivity index (χ1v) is 0.333. The van der Waals surface area contributed by atoms with Gasteiger partial charge in [-0.2, -0.15) is 0 Å². The molecule has 28 valence electrons. The summed E-state index contributed by atoms with van der Waals surface area (Å²) in [6.07, 6.45) is 0. The Morgan fingerprint density at radius 3 is 0.500 bits per heavy atom. The van der Waals surface area contributed by atoms with Crippen LogP contribution in [0.4, 0.5) is 0 Å². The van der Waals surface area contributed by atoms with E-state index in [-0.39, 0.29) is 39.0 Å². The van der Waals surface area contributed by atoms with Gasteiger partial charge in [0, 0.05) is 0 Å². The Morgan fingerprint density at radius 2 is 0.500 bits per heavy atom. The monoisotopic (exact) mass is 192 g/mol. The van der Waals surface area contributed by atoms with E-state index in [0.29, 0.717) is 0 Å². The fourth-order valence-electron chi connectivity index (χ4n) is 0. The molecule has 0 amide bonds. The van der Waals surface area contributed by atoms with Gasteiger partial charge < -0.3 is 21.0 Å². The van der Waals surface area contributed by atoms with Crippen molar-refractivity contribution in [3.63, 3.8) is 0 Å². The van der Waals surface area contributed by atoms with Crippen molar-refractivity contribution < 1.29 is 60.0 Å². The van der Waals surface area contributed by atoms with Gasteiger partial charge in [0.05, 0.1) is 0 Å². The van der Waals surface area contributed by atoms with E-state index in [2.05, 4.69) is 0 Å². The third-order valence-corrected chi connectivity index (χ3v) is 0. The first-order valence-electron chi connectivity index (χ1n) is 0.333. The Hall–Kier alpha value is 1.09. The summed E-state index contributed by atoms with van der Waals surface area (Å²) in [7, 11) is 0. The second kappa shape index (κ2) is 133. The van der Waals surface area contributed by atoms with Crippen molar-refractivity contribution in [1.29, 1.82) is 0 Å². The summed E-state index contributed by atoms with van der Waals surface area (Å²) in [5, 5.41) is 28.0. The summed E-state index contributed by atoms with van der Waals surface area (Å²) in [4.78, 5) is 0. The van der Waals surface area contributed by atoms with Crippen LogP contribution in [0.1, 0.15) is 0 Å². The van der Waals surface area contributed by atoms with Crippen molar-refractivity contribution >= 4 is 0 Å². The quantitative estimate of drug-likeness (QED) is 0.220. The van der Waals surface area contributed by atoms with Gasteiger partial charge in [-0.05, 0) is 0 Å². The molecule has 6 heteroatoms. The van der Waals surface area contributed by atoms with Gasteiger partial charge in [0.15, 0.2) is 0 Å². The molecule has 0 aromatic carbocycles. The summed E-state index contributed by atoms with van der Waals surface area (Å²) in [5.74, 6) is 0. The Kier molecular flexibility index (Phi) is 612. The second-order valence-corrected chi connectivity index (χ2v) is 0. The fourth-order valence-corrected chi connectivity index (χ4v) is 0. The molecule has 0 aromatic rings. The molecule has 0 heterocycles. The minimum atomic E-state index is 0. The van der Waals surface area contributed by atoms with Crippen LogP contribution in [0, 0.1) is 0 Å². The zero-order valence-corrected chi connectivity index (χ0v) is 8.98. The molecule has 0 atom stereocenters. The van der Waals surface area contributed by atoms with Crippen LogP contribution in [0.5, 0.6) is 0 Å². The van der Waals surface area contributed by atoms with Crippen molar-refractivity contribution in [2.24, 2.45) is 0 Å². The maximum Gasteiger partial charge on any atom is 2.00 e. The number of hydrogen-bond acceptors (Lipinski definition) is 4. The molecule has 0 aliphatic heterocycles. The van der Waals surface area contributed by atoms with Crippen LogP contribution in [0.3, 0.4) is 0 Å². The molecular weight excluding hydrogens is 195 g/mol. The van der Waals surface area contributed by atoms with Crippen molar-refractivity contribution in [1.82, 2.24) is 0 Å². The molecular formula is O4Zn2. The normalized spacial score (nSPS) is 2.00. The SMILES string of the molecule is [O-][O-].[O-][O-].[Zn+2].[Zn+2]. The van der Waals surface area contributed by atoms with E-state index in [0.717, 1.165) is 0 Å². The van der Waals surface area contributed by atoms with Gasteiger partial charge in [-0.3, -0.25) is 0 Å². The number of hydrogen-bond donors (Lipinski definition) is 0. The molecule has 0 spiro atoms. The summed E-state index contributed by atoms with van der Waals surface area (Å²) >= 11 is 0. The third kappa shape index (κ3) is 71.9. The van der Waals surface area contributed by atoms with Gasteiger partial charge in [-0.25, -0.2) is 0 Å². The minimum Gasteiger partial charge on any atom is -1.00 e. The molecule has 0 rings (SSSR count). The Labute approximate surface area is 60.2 Å². The van der Waals surface area contributed by atoms with Crippen molar-refractivity contribution in [3.8, 4) is 0 Å². The molecule has 4 nitrogen and oxygen atoms in total. The molecule has 6 heavy (non-hydrogen) atoms. The summed E-state index contributed by atoms with van der Waals surface area (Å²) in [6, 6.07) is 0. The first kappa shape index (κ1) is 27.6. The van der Waals surface area contributed by atoms with Crippen LogP contribution in [0.25, 0.3) is 0 Å². The molecule has 0 saturated heterocycles. The van der Waals surface area contributed by atoms with Crippen LogP contribution in [0.2, 0.25) is 0 Å². The van der Waals surface area contributed by atoms with Gasteiger partial charge >= 0.3 is 39.0 Å². The second-order valence-electron chi connectivity index (χ2n) is 0. The van der Waals surface area contributed by atoms with E-state index in [1.807, 2.05) is 0 Å². The van der Waals surface area contributed by atoms with Crippen molar-refractivity contribution in [2.45, 2.75) is 0 Å². The zero-order chi connectivity index (χ0) is 4.00. The molecule has 0 unspecified atom stereocenters. The maximum absolute atomic E-state index is 7.00. The minimum absolute atomic E-state index is 0. The van der Waals surface area contributed by atoms with Gasteiger partial charge in [-0.15, -0.1) is 0 Å². The molecule has 0 aliphatic carbocycles. The molecule has 0 aliphatic rings. The van der Waals surface area contributed by atoms with E-state index in [4.69, 9.17) is 21.0 Å². The van der Waals surface area contributed by atoms with E-state index < -0.39 is 0 Å². The molecule has 0 radical (unpaired) electrons. The topological polar surface area (TPSA) is 92.2 Å². The van der Waals surface area contributed by atoms with Crippen molar-refractivity contribution in [2.75, 3.05) is 0 Å². The smallest absolute Gasteiger partial charge is 1.00 e. The average molecular weight is 195 g/mol. The average Bonchev–Trinajstić information content (AvgIpc) is 1.50. The van der Waals surface area contributed by atoms with Crippen molar-refractivity contribution in [3.05, 3.63) is 0 Å². The van der Waals surface area contributed by atoms with E-state index >= 15 is 0 Å². The Balaban J connectivity index is -0.00000000500. The summed E-state index contributed by atoms with van der Waals surface area (Å²) < 4.78 is 0. The van der Waals surface area contributed by atoms with E-state index in [1.165, 1.54) is 0 Å². The predicted molar refractivity (Wildman–Crippen MR) is 0 cm³/mol. The first-order chi connectivity index (χ1) is 2.00. The van der Waals surface area contributed by atoms with Crippen LogP contribution < -0.4 is 21.0 Å². The largest absolute Gasteiger partial charge is 2.00 e. The van der Waals surface area contributed by atoms with Crippen LogP contribution in [-0.2, 0) is 39.0 Å². The van der Waals surface area contributed by atoms with E-state index in [9.17, 15) is 0 Å². The van der Waals surface area contributed by atoms with Gasteiger partial charge in [0.2, 0.25) is 0 Å². The van der Waals surface area contributed by atoms with Gasteiger partial charge in [0.1, 0.15) is 0 Å². The van der Waals surface area contributed by atoms with Gasteiger partial charge in [-0.1, -0.05) is 0 Å². The summed E-state index contributed by atoms with van der Waals surface area (Å²) in [6.45, 7) is 0. The molecule has 0 bridgehead atoms. The standard InChI is InChI=1S/2O2.2Zn/c2*1-2;;/q2*-2;2*+2. The van der Waals surface area contributed by atoms with Crippen LogP contribution >= 0.6 is 0 Å². The predicted octanol–water partition coefficient (Wildman–Crippen LogP) is -4.76. The molecule has 0 saturated carbocycles. The van der Waals surface area contributed by atoms with Crippen LogP contribution in [0.15, 0.2) is 0 Å². The third-order valence-electron chi connectivity index (χ3n) is 0. The van der Waals surface area contributed by atoms with Gasteiger partial charge in [0.25, 0.3) is 0 Å². The Bertz CT molecular complexity index is 5.51. The maximum atomic E-state index is 7.00. The number of rotatable bonds is 0. The zero-order valence-electron chi connectivity index (χ0n) is 3.05. The van der Waals surface area contributed by atoms with Crippen LogP contribution in [-0.4, -0.2) is 0 Å². The molecule has 0 N–H and O–H groups in total. The molecule has 0 fully saturated rings. The Morgan fingerprint density at radius 1 is 0.500 bits per heavy atom. The molecule has 0 aromatic heterocycles. The summed E-state index contributed by atoms with van der Waals surface area (Å²) in [5.41, 5.74) is 0.